The van der Waals surface area contributed by atoms with Gasteiger partial charge in [0, 0.05) is 57.4 Å². The molecule has 0 bridgehead atoms. The van der Waals surface area contributed by atoms with Gasteiger partial charge in [0.2, 0.25) is 11.8 Å². The van der Waals surface area contributed by atoms with Crippen molar-refractivity contribution >= 4 is 23.2 Å². The second-order valence-electron chi connectivity index (χ2n) is 9.74. The summed E-state index contributed by atoms with van der Waals surface area (Å²) in [5.41, 5.74) is 2.77. The zero-order valence-electron chi connectivity index (χ0n) is 19.8. The van der Waals surface area contributed by atoms with Crippen molar-refractivity contribution in [3.05, 3.63) is 23.8 Å². The minimum absolute atomic E-state index is 0.00349. The highest BCUT2D eigenvalue weighted by molar-refractivity contribution is 5.91. The molecule has 2 amide bonds. The van der Waals surface area contributed by atoms with Crippen LogP contribution in [-0.4, -0.2) is 62.9 Å². The molecule has 164 valence electrons. The Kier molecular flexibility index (Phi) is 9.14. The summed E-state index contributed by atoms with van der Waals surface area (Å²) in [6, 6.07) is 5.92. The van der Waals surface area contributed by atoms with Gasteiger partial charge in [-0.05, 0) is 43.3 Å². The molecule has 0 atom stereocenters. The molecule has 0 saturated carbocycles. The van der Waals surface area contributed by atoms with E-state index in [0.717, 1.165) is 23.5 Å². The Labute approximate surface area is 177 Å². The van der Waals surface area contributed by atoms with Crippen molar-refractivity contribution in [2.75, 3.05) is 51.5 Å². The zero-order chi connectivity index (χ0) is 22.4. The molecular weight excluding hydrogens is 364 g/mol. The van der Waals surface area contributed by atoms with Gasteiger partial charge in [0.1, 0.15) is 0 Å². The highest BCUT2D eigenvalue weighted by Crippen LogP contribution is 2.26. The van der Waals surface area contributed by atoms with Crippen molar-refractivity contribution in [3.8, 4) is 0 Å². The Hall–Kier alpha value is -2.08. The first-order valence-corrected chi connectivity index (χ1v) is 10.3. The van der Waals surface area contributed by atoms with E-state index in [1.165, 1.54) is 0 Å². The maximum atomic E-state index is 12.8. The number of benzene rings is 1. The lowest BCUT2D eigenvalue weighted by Crippen LogP contribution is -2.38. The Morgan fingerprint density at radius 3 is 2.14 bits per heavy atom. The number of rotatable bonds is 9. The number of nitrogens with zero attached hydrogens (tertiary/aromatic N) is 3. The number of carbonyl (C=O) groups excluding carboxylic acids is 2. The fourth-order valence-electron chi connectivity index (χ4n) is 3.07. The van der Waals surface area contributed by atoms with Crippen molar-refractivity contribution in [1.29, 1.82) is 0 Å². The number of carbonyl (C=O) groups is 2. The molecule has 0 fully saturated rings. The second-order valence-corrected chi connectivity index (χ2v) is 9.74. The van der Waals surface area contributed by atoms with E-state index in [-0.39, 0.29) is 23.1 Å². The Balaban J connectivity index is 3.13. The molecule has 0 aromatic heterocycles. The third-order valence-electron chi connectivity index (χ3n) is 4.52. The van der Waals surface area contributed by atoms with E-state index in [9.17, 15) is 9.59 Å². The number of hydrogen-bond donors (Lipinski definition) is 1. The van der Waals surface area contributed by atoms with Gasteiger partial charge in [-0.3, -0.25) is 9.59 Å². The normalized spacial score (nSPS) is 11.7. The molecule has 0 aliphatic heterocycles. The number of anilines is 2. The molecule has 6 heteroatoms. The van der Waals surface area contributed by atoms with Gasteiger partial charge in [0.15, 0.2) is 0 Å². The van der Waals surface area contributed by atoms with Crippen LogP contribution in [0.15, 0.2) is 18.2 Å². The molecule has 1 aromatic carbocycles. The largest absolute Gasteiger partial charge is 0.377 e. The van der Waals surface area contributed by atoms with E-state index in [1.54, 1.807) is 0 Å². The highest BCUT2D eigenvalue weighted by Gasteiger charge is 2.20. The van der Waals surface area contributed by atoms with E-state index in [4.69, 9.17) is 0 Å². The first-order chi connectivity index (χ1) is 13.3. The van der Waals surface area contributed by atoms with Crippen molar-refractivity contribution in [2.24, 2.45) is 11.3 Å². The van der Waals surface area contributed by atoms with Crippen molar-refractivity contribution in [3.63, 3.8) is 0 Å². The summed E-state index contributed by atoms with van der Waals surface area (Å²) in [5, 5.41) is 3.01. The van der Waals surface area contributed by atoms with E-state index in [1.807, 2.05) is 90.8 Å². The number of nitrogens with one attached hydrogen (secondary N) is 1. The SMILES string of the molecule is CC(C)C(=O)N(CCN(C)C)Cc1cc(NC(=O)CC(C)(C)C)ccc1N(C)C. The fraction of sp³-hybridized carbons (Fsp3) is 0.652. The Bertz CT molecular complexity index is 691. The third-order valence-corrected chi connectivity index (χ3v) is 4.52. The first-order valence-electron chi connectivity index (χ1n) is 10.3. The molecule has 0 spiro atoms. The van der Waals surface area contributed by atoms with Gasteiger partial charge in [-0.15, -0.1) is 0 Å². The molecule has 1 rings (SSSR count). The molecule has 1 N–H and O–H groups in total. The summed E-state index contributed by atoms with van der Waals surface area (Å²) in [5.74, 6) is 0.0807. The van der Waals surface area contributed by atoms with Gasteiger partial charge in [-0.25, -0.2) is 0 Å². The van der Waals surface area contributed by atoms with Crippen LogP contribution >= 0.6 is 0 Å². The molecule has 0 aliphatic rings. The van der Waals surface area contributed by atoms with Crippen LogP contribution in [0.25, 0.3) is 0 Å². The number of likely N-dealkylation sites (N-methyl/N-ethyl adjacent to an activating group) is 1. The van der Waals surface area contributed by atoms with Crippen LogP contribution in [0.4, 0.5) is 11.4 Å². The van der Waals surface area contributed by atoms with E-state index < -0.39 is 0 Å². The topological polar surface area (TPSA) is 55.9 Å². The average molecular weight is 405 g/mol. The lowest BCUT2D eigenvalue weighted by atomic mass is 9.92. The summed E-state index contributed by atoms with van der Waals surface area (Å²) in [6.07, 6.45) is 0.457. The Morgan fingerprint density at radius 1 is 1.03 bits per heavy atom. The summed E-state index contributed by atoms with van der Waals surface area (Å²) in [4.78, 5) is 31.2. The predicted molar refractivity (Wildman–Crippen MR) is 122 cm³/mol. The monoisotopic (exact) mass is 404 g/mol. The van der Waals surface area contributed by atoms with Crippen LogP contribution in [0.1, 0.15) is 46.6 Å². The second kappa shape index (κ2) is 10.6. The summed E-state index contributed by atoms with van der Waals surface area (Å²) < 4.78 is 0. The van der Waals surface area contributed by atoms with E-state index in [0.29, 0.717) is 19.5 Å². The summed E-state index contributed by atoms with van der Waals surface area (Å²) in [7, 11) is 8.00. The van der Waals surface area contributed by atoms with E-state index in [2.05, 4.69) is 10.2 Å². The summed E-state index contributed by atoms with van der Waals surface area (Å²) in [6.45, 7) is 12.0. The van der Waals surface area contributed by atoms with Crippen molar-refractivity contribution < 1.29 is 9.59 Å². The molecule has 6 nitrogen and oxygen atoms in total. The molecule has 0 aliphatic carbocycles. The standard InChI is InChI=1S/C23H40N4O2/c1-17(2)22(29)27(13-12-25(6)7)16-18-14-19(10-11-20(18)26(8)9)24-21(28)15-23(3,4)5/h10-11,14,17H,12-13,15-16H2,1-9H3,(H,24,28). The molecular formula is C23H40N4O2. The summed E-state index contributed by atoms with van der Waals surface area (Å²) >= 11 is 0. The molecule has 1 aromatic rings. The third kappa shape index (κ3) is 8.86. The smallest absolute Gasteiger partial charge is 0.225 e. The Morgan fingerprint density at radius 2 is 1.66 bits per heavy atom. The van der Waals surface area contributed by atoms with Crippen LogP contribution in [0.3, 0.4) is 0 Å². The number of hydrogen-bond acceptors (Lipinski definition) is 4. The molecule has 0 saturated heterocycles. The maximum absolute atomic E-state index is 12.8. The van der Waals surface area contributed by atoms with E-state index >= 15 is 0 Å². The zero-order valence-corrected chi connectivity index (χ0v) is 19.8. The first kappa shape index (κ1) is 25.0. The van der Waals surface area contributed by atoms with Crippen LogP contribution in [-0.2, 0) is 16.1 Å². The molecule has 29 heavy (non-hydrogen) atoms. The minimum atomic E-state index is -0.0663. The maximum Gasteiger partial charge on any atom is 0.225 e. The minimum Gasteiger partial charge on any atom is -0.377 e. The van der Waals surface area contributed by atoms with Crippen LogP contribution in [0, 0.1) is 11.3 Å². The fourth-order valence-corrected chi connectivity index (χ4v) is 3.07. The predicted octanol–water partition coefficient (Wildman–Crippen LogP) is 3.67. The van der Waals surface area contributed by atoms with Gasteiger partial charge in [-0.2, -0.15) is 0 Å². The van der Waals surface area contributed by atoms with Gasteiger partial charge >= 0.3 is 0 Å². The average Bonchev–Trinajstić information content (AvgIpc) is 2.55. The van der Waals surface area contributed by atoms with Crippen molar-refractivity contribution in [2.45, 2.75) is 47.6 Å². The highest BCUT2D eigenvalue weighted by atomic mass is 16.2. The molecule has 0 unspecified atom stereocenters. The van der Waals surface area contributed by atoms with Gasteiger partial charge in [0.25, 0.3) is 0 Å². The number of amides is 2. The van der Waals surface area contributed by atoms with Gasteiger partial charge < -0.3 is 20.0 Å². The van der Waals surface area contributed by atoms with Crippen LogP contribution < -0.4 is 10.2 Å². The quantitative estimate of drug-likeness (QED) is 0.682. The lowest BCUT2D eigenvalue weighted by molar-refractivity contribution is -0.135. The molecule has 0 heterocycles. The van der Waals surface area contributed by atoms with Crippen LogP contribution in [0.5, 0.6) is 0 Å². The van der Waals surface area contributed by atoms with Crippen LogP contribution in [0.2, 0.25) is 0 Å². The van der Waals surface area contributed by atoms with Gasteiger partial charge in [-0.1, -0.05) is 34.6 Å². The van der Waals surface area contributed by atoms with Gasteiger partial charge in [0.05, 0.1) is 0 Å². The van der Waals surface area contributed by atoms with Crippen molar-refractivity contribution in [1.82, 2.24) is 9.80 Å². The lowest BCUT2D eigenvalue weighted by Gasteiger charge is -2.28. The molecule has 0 radical (unpaired) electrons.